The average molecular weight is 586 g/mol. The molecule has 1 saturated heterocycles. The minimum absolute atomic E-state index is 0.0354. The van der Waals surface area contributed by atoms with Crippen LogP contribution in [0.25, 0.3) is 27.7 Å². The van der Waals surface area contributed by atoms with E-state index < -0.39 is 35.8 Å². The number of nitrogens with zero attached hydrogens (tertiary/aromatic N) is 7. The number of nitrogens with two attached hydrogens (primary N) is 1. The first-order chi connectivity index (χ1) is 20.7. The predicted octanol–water partition coefficient (Wildman–Crippen LogP) is 2.80. The molecule has 218 valence electrons. The fourth-order valence-corrected chi connectivity index (χ4v) is 5.25. The molecule has 0 aliphatic carbocycles. The van der Waals surface area contributed by atoms with E-state index >= 15 is 0 Å². The lowest BCUT2D eigenvalue weighted by molar-refractivity contribution is -0.137. The second kappa shape index (κ2) is 11.0. The van der Waals surface area contributed by atoms with Gasteiger partial charge in [-0.05, 0) is 48.9 Å². The molecule has 0 unspecified atom stereocenters. The van der Waals surface area contributed by atoms with E-state index in [0.29, 0.717) is 22.3 Å². The molecular formula is C29H25F2N9O3. The van der Waals surface area contributed by atoms with Gasteiger partial charge < -0.3 is 16.0 Å². The summed E-state index contributed by atoms with van der Waals surface area (Å²) in [5.74, 6) is -2.21. The zero-order valence-corrected chi connectivity index (χ0v) is 22.8. The Labute approximate surface area is 243 Å². The first-order valence-corrected chi connectivity index (χ1v) is 13.3. The van der Waals surface area contributed by atoms with Crippen molar-refractivity contribution in [1.82, 2.24) is 34.7 Å². The Bertz CT molecular complexity index is 1870. The molecule has 6 rings (SSSR count). The molecule has 2 aromatic carbocycles. The number of aromatic nitrogens is 6. The lowest BCUT2D eigenvalue weighted by Crippen LogP contribution is -2.44. The van der Waals surface area contributed by atoms with Gasteiger partial charge in [-0.2, -0.15) is 20.4 Å². The molecule has 0 spiro atoms. The van der Waals surface area contributed by atoms with Gasteiger partial charge in [0.25, 0.3) is 5.91 Å². The van der Waals surface area contributed by atoms with E-state index in [2.05, 4.69) is 25.7 Å². The molecule has 3 N–H and O–H groups in total. The van der Waals surface area contributed by atoms with Gasteiger partial charge >= 0.3 is 0 Å². The molecule has 3 aromatic heterocycles. The van der Waals surface area contributed by atoms with E-state index in [0.717, 1.165) is 16.0 Å². The van der Waals surface area contributed by atoms with Crippen molar-refractivity contribution in [3.63, 3.8) is 0 Å². The summed E-state index contributed by atoms with van der Waals surface area (Å²) in [4.78, 5) is 40.3. The van der Waals surface area contributed by atoms with Crippen LogP contribution in [0.4, 0.5) is 14.6 Å². The van der Waals surface area contributed by atoms with Crippen molar-refractivity contribution in [3.8, 4) is 16.8 Å². The molecule has 1 aliphatic heterocycles. The SMILES string of the molecule is Cc1cc(NC(=O)[C@@H]2C[C@@H](F)CN2C(=O)Cn2nc(C(N)=O)c3cc(-c4ccnnc4)ccc32)n(-c2cccc(F)c2)n1. The summed E-state index contributed by atoms with van der Waals surface area (Å²) in [6.45, 7) is 1.05. The largest absolute Gasteiger partial charge is 0.364 e. The third kappa shape index (κ3) is 5.41. The van der Waals surface area contributed by atoms with Crippen LogP contribution in [0.5, 0.6) is 0 Å². The number of halogens is 2. The second-order valence-electron chi connectivity index (χ2n) is 10.2. The van der Waals surface area contributed by atoms with E-state index in [1.54, 1.807) is 49.5 Å². The highest BCUT2D eigenvalue weighted by Crippen LogP contribution is 2.28. The Kier molecular flexibility index (Phi) is 7.09. The van der Waals surface area contributed by atoms with Gasteiger partial charge in [0, 0.05) is 23.4 Å². The molecule has 5 aromatic rings. The van der Waals surface area contributed by atoms with Crippen molar-refractivity contribution in [2.24, 2.45) is 5.73 Å². The second-order valence-corrected chi connectivity index (χ2v) is 10.2. The molecule has 12 nitrogen and oxygen atoms in total. The van der Waals surface area contributed by atoms with Gasteiger partial charge in [-0.25, -0.2) is 13.5 Å². The van der Waals surface area contributed by atoms with Gasteiger partial charge in [-0.1, -0.05) is 12.1 Å². The number of likely N-dealkylation sites (tertiary alicyclic amines) is 1. The van der Waals surface area contributed by atoms with E-state index in [1.165, 1.54) is 33.8 Å². The van der Waals surface area contributed by atoms with Crippen molar-refractivity contribution < 1.29 is 23.2 Å². The van der Waals surface area contributed by atoms with Crippen LogP contribution in [0.15, 0.2) is 67.0 Å². The van der Waals surface area contributed by atoms with Gasteiger partial charge in [-0.3, -0.25) is 19.1 Å². The standard InChI is InChI=1S/C29H25F2N9O3/c1-16-9-25(40(36-16)21-4-2-3-19(30)11-21)35-29(43)24-12-20(31)14-38(24)26(41)15-39-23-6-5-17(18-7-8-33-34-13-18)10-22(23)27(37-39)28(32)42/h2-11,13,20,24H,12,14-15H2,1H3,(H2,32,42)(H,35,43)/t20-,24+/m1/s1. The summed E-state index contributed by atoms with van der Waals surface area (Å²) in [6.07, 6.45) is 1.47. The first kappa shape index (κ1) is 27.6. The summed E-state index contributed by atoms with van der Waals surface area (Å²) < 4.78 is 31.2. The summed E-state index contributed by atoms with van der Waals surface area (Å²) in [7, 11) is 0. The molecule has 1 aliphatic rings. The number of rotatable bonds is 7. The quantitative estimate of drug-likeness (QED) is 0.298. The topological polar surface area (TPSA) is 154 Å². The number of anilines is 1. The van der Waals surface area contributed by atoms with Crippen molar-refractivity contribution in [2.75, 3.05) is 11.9 Å². The van der Waals surface area contributed by atoms with Gasteiger partial charge in [0.1, 0.15) is 30.4 Å². The number of alkyl halides is 1. The van der Waals surface area contributed by atoms with Crippen molar-refractivity contribution >= 4 is 34.4 Å². The van der Waals surface area contributed by atoms with Gasteiger partial charge in [-0.15, -0.1) is 0 Å². The van der Waals surface area contributed by atoms with Crippen LogP contribution in [-0.4, -0.2) is 71.1 Å². The number of amides is 3. The zero-order valence-electron chi connectivity index (χ0n) is 22.8. The maximum atomic E-state index is 14.7. The van der Waals surface area contributed by atoms with Crippen LogP contribution in [-0.2, 0) is 16.1 Å². The Morgan fingerprint density at radius 3 is 2.63 bits per heavy atom. The minimum Gasteiger partial charge on any atom is -0.364 e. The van der Waals surface area contributed by atoms with Crippen molar-refractivity contribution in [1.29, 1.82) is 0 Å². The highest BCUT2D eigenvalue weighted by molar-refractivity contribution is 6.05. The van der Waals surface area contributed by atoms with E-state index in [1.807, 2.05) is 0 Å². The summed E-state index contributed by atoms with van der Waals surface area (Å²) >= 11 is 0. The van der Waals surface area contributed by atoms with E-state index in [4.69, 9.17) is 5.73 Å². The number of hydrogen-bond acceptors (Lipinski definition) is 7. The Morgan fingerprint density at radius 2 is 1.88 bits per heavy atom. The van der Waals surface area contributed by atoms with E-state index in [9.17, 15) is 23.2 Å². The number of carbonyl (C=O) groups excluding carboxylic acids is 3. The van der Waals surface area contributed by atoms with Crippen LogP contribution >= 0.6 is 0 Å². The average Bonchev–Trinajstić information content (AvgIpc) is 3.68. The first-order valence-electron chi connectivity index (χ1n) is 13.3. The summed E-state index contributed by atoms with van der Waals surface area (Å²) in [5.41, 5.74) is 8.44. The third-order valence-electron chi connectivity index (χ3n) is 7.20. The van der Waals surface area contributed by atoms with Crippen LogP contribution in [0.1, 0.15) is 22.6 Å². The van der Waals surface area contributed by atoms with Crippen LogP contribution < -0.4 is 11.1 Å². The number of hydrogen-bond donors (Lipinski definition) is 2. The summed E-state index contributed by atoms with van der Waals surface area (Å²) in [5, 5.41) is 19.4. The van der Waals surface area contributed by atoms with Crippen LogP contribution in [0, 0.1) is 12.7 Å². The number of nitrogens with one attached hydrogen (secondary N) is 1. The minimum atomic E-state index is -1.43. The maximum absolute atomic E-state index is 14.7. The zero-order chi connectivity index (χ0) is 30.2. The van der Waals surface area contributed by atoms with Crippen molar-refractivity contribution in [2.45, 2.75) is 32.1 Å². The number of fused-ring (bicyclic) bond motifs is 1. The number of primary amides is 1. The smallest absolute Gasteiger partial charge is 0.269 e. The van der Waals surface area contributed by atoms with Gasteiger partial charge in [0.2, 0.25) is 11.8 Å². The molecule has 0 radical (unpaired) electrons. The van der Waals surface area contributed by atoms with Gasteiger partial charge in [0.15, 0.2) is 5.69 Å². The molecule has 2 atom stereocenters. The Hall–Kier alpha value is -5.53. The molecule has 0 bridgehead atoms. The Balaban J connectivity index is 1.25. The normalized spacial score (nSPS) is 16.5. The molecule has 4 heterocycles. The fraction of sp³-hybridized carbons (Fsp3) is 0.207. The lowest BCUT2D eigenvalue weighted by atomic mass is 10.0. The number of carbonyl (C=O) groups is 3. The molecule has 0 saturated carbocycles. The lowest BCUT2D eigenvalue weighted by Gasteiger charge is -2.24. The molecule has 3 amide bonds. The maximum Gasteiger partial charge on any atom is 0.269 e. The third-order valence-corrected chi connectivity index (χ3v) is 7.20. The molecule has 14 heteroatoms. The van der Waals surface area contributed by atoms with Crippen LogP contribution in [0.2, 0.25) is 0 Å². The molecule has 1 fully saturated rings. The summed E-state index contributed by atoms with van der Waals surface area (Å²) in [6, 6.07) is 13.1. The highest BCUT2D eigenvalue weighted by atomic mass is 19.1. The monoisotopic (exact) mass is 585 g/mol. The Morgan fingerprint density at radius 1 is 1.05 bits per heavy atom. The van der Waals surface area contributed by atoms with Gasteiger partial charge in [0.05, 0.1) is 35.8 Å². The fourth-order valence-electron chi connectivity index (χ4n) is 5.25. The molecular weight excluding hydrogens is 560 g/mol. The number of benzene rings is 2. The van der Waals surface area contributed by atoms with Crippen molar-refractivity contribution in [3.05, 3.63) is 84.2 Å². The molecule has 43 heavy (non-hydrogen) atoms. The predicted molar refractivity (Wildman–Crippen MR) is 151 cm³/mol. The van der Waals surface area contributed by atoms with Crippen LogP contribution in [0.3, 0.4) is 0 Å². The highest BCUT2D eigenvalue weighted by Gasteiger charge is 2.40. The van der Waals surface area contributed by atoms with E-state index in [-0.39, 0.29) is 31.0 Å². The number of aryl methyl sites for hydroxylation is 1.